The van der Waals surface area contributed by atoms with Gasteiger partial charge in [-0.15, -0.1) is 0 Å². The predicted molar refractivity (Wildman–Crippen MR) is 80.6 cm³/mol. The lowest BCUT2D eigenvalue weighted by Crippen LogP contribution is -2.33. The molecule has 118 valence electrons. The molecule has 0 aliphatic rings. The molecule has 22 heavy (non-hydrogen) atoms. The van der Waals surface area contributed by atoms with E-state index in [1.807, 2.05) is 20.8 Å². The number of aryl methyl sites for hydroxylation is 1. The number of carbonyl (C=O) groups excluding carboxylic acids is 1. The number of carboxylic acid groups (broad SMARTS) is 1. The molecule has 0 aromatic carbocycles. The number of aromatic nitrogens is 3. The monoisotopic (exact) mass is 304 g/mol. The van der Waals surface area contributed by atoms with Gasteiger partial charge in [0.25, 0.3) is 5.91 Å². The van der Waals surface area contributed by atoms with Gasteiger partial charge in [-0.1, -0.05) is 13.8 Å². The molecule has 2 aromatic heterocycles. The highest BCUT2D eigenvalue weighted by Gasteiger charge is 2.21. The average Bonchev–Trinajstić information content (AvgIpc) is 2.85. The maximum atomic E-state index is 12.2. The van der Waals surface area contributed by atoms with Gasteiger partial charge in [0.15, 0.2) is 5.65 Å². The molecule has 0 saturated carbocycles. The lowest BCUT2D eigenvalue weighted by atomic mass is 9.97. The van der Waals surface area contributed by atoms with Crippen molar-refractivity contribution in [1.29, 1.82) is 0 Å². The fourth-order valence-electron chi connectivity index (χ4n) is 2.27. The van der Waals surface area contributed by atoms with Crippen molar-refractivity contribution in [3.8, 4) is 0 Å². The molecule has 0 aliphatic carbocycles. The Hall–Kier alpha value is -2.44. The molecule has 0 saturated heterocycles. The van der Waals surface area contributed by atoms with Crippen LogP contribution >= 0.6 is 0 Å². The number of aliphatic carboxylic acids is 1. The molecule has 2 N–H and O–H groups in total. The largest absolute Gasteiger partial charge is 0.481 e. The van der Waals surface area contributed by atoms with Crippen molar-refractivity contribution in [2.24, 2.45) is 11.8 Å². The summed E-state index contributed by atoms with van der Waals surface area (Å²) in [7, 11) is 0. The number of fused-ring (bicyclic) bond motifs is 1. The first kappa shape index (κ1) is 15.9. The minimum Gasteiger partial charge on any atom is -0.481 e. The highest BCUT2D eigenvalue weighted by molar-refractivity contribution is 5.99. The zero-order chi connectivity index (χ0) is 16.3. The second-order valence-electron chi connectivity index (χ2n) is 5.77. The van der Waals surface area contributed by atoms with Crippen LogP contribution < -0.4 is 5.32 Å². The smallest absolute Gasteiger partial charge is 0.308 e. The summed E-state index contributed by atoms with van der Waals surface area (Å²) in [6.45, 7) is 5.83. The van der Waals surface area contributed by atoms with Crippen LogP contribution in [0.3, 0.4) is 0 Å². The van der Waals surface area contributed by atoms with E-state index in [1.165, 1.54) is 10.7 Å². The Morgan fingerprint density at radius 1 is 1.41 bits per heavy atom. The van der Waals surface area contributed by atoms with E-state index in [4.69, 9.17) is 0 Å². The number of amides is 1. The molecule has 0 spiro atoms. The summed E-state index contributed by atoms with van der Waals surface area (Å²) in [4.78, 5) is 27.7. The number of hydrogen-bond donors (Lipinski definition) is 2. The van der Waals surface area contributed by atoms with Gasteiger partial charge in [0.2, 0.25) is 0 Å². The maximum Gasteiger partial charge on any atom is 0.308 e. The molecule has 2 aromatic rings. The summed E-state index contributed by atoms with van der Waals surface area (Å²) in [5, 5.41) is 15.9. The van der Waals surface area contributed by atoms with E-state index in [1.54, 1.807) is 12.3 Å². The van der Waals surface area contributed by atoms with Gasteiger partial charge in [0.1, 0.15) is 5.56 Å². The van der Waals surface area contributed by atoms with Gasteiger partial charge < -0.3 is 10.4 Å². The Kier molecular flexibility index (Phi) is 4.75. The normalized spacial score (nSPS) is 12.5. The SMILES string of the molecule is Cc1ccn2ncc(C(=O)NCC(CC(C)C)C(=O)O)c2n1. The molecule has 2 rings (SSSR count). The fraction of sp³-hybridized carbons (Fsp3) is 0.467. The molecule has 0 fully saturated rings. The van der Waals surface area contributed by atoms with Crippen molar-refractivity contribution < 1.29 is 14.7 Å². The van der Waals surface area contributed by atoms with Crippen LogP contribution in [0.4, 0.5) is 0 Å². The minimum absolute atomic E-state index is 0.0928. The standard InChI is InChI=1S/C15H20N4O3/c1-9(2)6-11(15(21)22)7-16-14(20)12-8-17-19-5-4-10(3)18-13(12)19/h4-5,8-9,11H,6-7H2,1-3H3,(H,16,20)(H,21,22). The van der Waals surface area contributed by atoms with Gasteiger partial charge in [-0.25, -0.2) is 9.50 Å². The maximum absolute atomic E-state index is 12.2. The molecular formula is C15H20N4O3. The molecule has 7 heteroatoms. The zero-order valence-electron chi connectivity index (χ0n) is 12.9. The number of rotatable bonds is 6. The Labute approximate surface area is 128 Å². The third-order valence-electron chi connectivity index (χ3n) is 3.37. The molecule has 0 radical (unpaired) electrons. The first-order valence-electron chi connectivity index (χ1n) is 7.20. The van der Waals surface area contributed by atoms with Crippen LogP contribution in [0.5, 0.6) is 0 Å². The van der Waals surface area contributed by atoms with Gasteiger partial charge in [0.05, 0.1) is 12.1 Å². The lowest BCUT2D eigenvalue weighted by Gasteiger charge is -2.15. The van der Waals surface area contributed by atoms with Crippen molar-refractivity contribution >= 4 is 17.5 Å². The second-order valence-corrected chi connectivity index (χ2v) is 5.77. The quantitative estimate of drug-likeness (QED) is 0.843. The van der Waals surface area contributed by atoms with Crippen LogP contribution in [0.15, 0.2) is 18.5 Å². The van der Waals surface area contributed by atoms with E-state index in [0.717, 1.165) is 5.69 Å². The van der Waals surface area contributed by atoms with Crippen LogP contribution in [0.25, 0.3) is 5.65 Å². The van der Waals surface area contributed by atoms with Crippen molar-refractivity contribution in [1.82, 2.24) is 19.9 Å². The van der Waals surface area contributed by atoms with Gasteiger partial charge in [0, 0.05) is 18.4 Å². The number of nitrogens with one attached hydrogen (secondary N) is 1. The van der Waals surface area contributed by atoms with E-state index in [0.29, 0.717) is 17.6 Å². The summed E-state index contributed by atoms with van der Waals surface area (Å²) in [5.41, 5.74) is 1.59. The molecule has 0 bridgehead atoms. The Balaban J connectivity index is 2.10. The topological polar surface area (TPSA) is 96.6 Å². The summed E-state index contributed by atoms with van der Waals surface area (Å²) in [5.74, 6) is -1.61. The van der Waals surface area contributed by atoms with E-state index < -0.39 is 11.9 Å². The van der Waals surface area contributed by atoms with Crippen molar-refractivity contribution in [2.45, 2.75) is 27.2 Å². The third-order valence-corrected chi connectivity index (χ3v) is 3.37. The first-order valence-corrected chi connectivity index (χ1v) is 7.20. The molecule has 1 unspecified atom stereocenters. The van der Waals surface area contributed by atoms with E-state index >= 15 is 0 Å². The van der Waals surface area contributed by atoms with Crippen LogP contribution in [-0.4, -0.2) is 38.1 Å². The molecule has 2 heterocycles. The van der Waals surface area contributed by atoms with Gasteiger partial charge >= 0.3 is 5.97 Å². The molecule has 7 nitrogen and oxygen atoms in total. The Bertz CT molecular complexity index is 693. The summed E-state index contributed by atoms with van der Waals surface area (Å²) >= 11 is 0. The lowest BCUT2D eigenvalue weighted by molar-refractivity contribution is -0.142. The number of carboxylic acids is 1. The minimum atomic E-state index is -0.900. The van der Waals surface area contributed by atoms with Gasteiger partial charge in [-0.05, 0) is 25.3 Å². The van der Waals surface area contributed by atoms with Gasteiger partial charge in [-0.3, -0.25) is 9.59 Å². The number of hydrogen-bond acceptors (Lipinski definition) is 4. The number of carbonyl (C=O) groups is 2. The second kappa shape index (κ2) is 6.55. The highest BCUT2D eigenvalue weighted by Crippen LogP contribution is 2.12. The van der Waals surface area contributed by atoms with Crippen molar-refractivity contribution in [2.75, 3.05) is 6.54 Å². The third kappa shape index (κ3) is 3.60. The van der Waals surface area contributed by atoms with Crippen LogP contribution in [0.2, 0.25) is 0 Å². The van der Waals surface area contributed by atoms with Crippen molar-refractivity contribution in [3.05, 3.63) is 29.7 Å². The van der Waals surface area contributed by atoms with E-state index in [-0.39, 0.29) is 18.4 Å². The van der Waals surface area contributed by atoms with E-state index in [9.17, 15) is 14.7 Å². The Morgan fingerprint density at radius 3 is 2.77 bits per heavy atom. The molecule has 0 aliphatic heterocycles. The fourth-order valence-corrected chi connectivity index (χ4v) is 2.27. The van der Waals surface area contributed by atoms with Gasteiger partial charge in [-0.2, -0.15) is 5.10 Å². The highest BCUT2D eigenvalue weighted by atomic mass is 16.4. The predicted octanol–water partition coefficient (Wildman–Crippen LogP) is 1.51. The van der Waals surface area contributed by atoms with Crippen molar-refractivity contribution in [3.63, 3.8) is 0 Å². The van der Waals surface area contributed by atoms with Crippen LogP contribution in [0.1, 0.15) is 36.3 Å². The van der Waals surface area contributed by atoms with E-state index in [2.05, 4.69) is 15.4 Å². The zero-order valence-corrected chi connectivity index (χ0v) is 12.9. The van der Waals surface area contributed by atoms with Crippen LogP contribution in [0, 0.1) is 18.8 Å². The summed E-state index contributed by atoms with van der Waals surface area (Å²) in [6.07, 6.45) is 3.68. The summed E-state index contributed by atoms with van der Waals surface area (Å²) in [6, 6.07) is 1.80. The Morgan fingerprint density at radius 2 is 2.14 bits per heavy atom. The average molecular weight is 304 g/mol. The summed E-state index contributed by atoms with van der Waals surface area (Å²) < 4.78 is 1.52. The number of nitrogens with zero attached hydrogens (tertiary/aromatic N) is 3. The van der Waals surface area contributed by atoms with Crippen LogP contribution in [-0.2, 0) is 4.79 Å². The molecule has 1 atom stereocenters. The molecular weight excluding hydrogens is 284 g/mol. The molecule has 1 amide bonds. The first-order chi connectivity index (χ1) is 10.4.